The Morgan fingerprint density at radius 2 is 1.69 bits per heavy atom. The Kier molecular flexibility index (Phi) is 3.53. The van der Waals surface area contributed by atoms with Gasteiger partial charge < -0.3 is 4.90 Å². The number of piperazine rings is 1. The molecule has 1 aliphatic heterocycles. The van der Waals surface area contributed by atoms with Crippen LogP contribution in [0.4, 0.5) is 0 Å². The van der Waals surface area contributed by atoms with Gasteiger partial charge in [-0.1, -0.05) is 0 Å². The molecule has 1 saturated heterocycles. The largest absolute Gasteiger partial charge is 0.300 e. The Bertz CT molecular complexity index is 330. The third-order valence-electron chi connectivity index (χ3n) is 3.33. The predicted molar refractivity (Wildman–Crippen MR) is 63.3 cm³/mol. The molecule has 0 spiro atoms. The summed E-state index contributed by atoms with van der Waals surface area (Å²) in [5.74, 6) is 0.886. The minimum absolute atomic E-state index is 0.632. The van der Waals surface area contributed by atoms with Crippen molar-refractivity contribution in [3.05, 3.63) is 0 Å². The minimum Gasteiger partial charge on any atom is -0.300 e. The van der Waals surface area contributed by atoms with E-state index in [1.807, 2.05) is 0 Å². The molecule has 0 aromatic carbocycles. The lowest BCUT2D eigenvalue weighted by Gasteiger charge is -2.35. The number of rotatable bonds is 4. The van der Waals surface area contributed by atoms with Gasteiger partial charge in [0, 0.05) is 46.8 Å². The molecule has 0 bridgehead atoms. The molecule has 6 heteroatoms. The number of hydrogen-bond acceptors (Lipinski definition) is 3. The average Bonchev–Trinajstić information content (AvgIpc) is 3.02. The Balaban J connectivity index is 1.84. The Hall–Kier alpha value is -0.170. The number of nitrogens with zero attached hydrogens (tertiary/aromatic N) is 3. The zero-order valence-electron chi connectivity index (χ0n) is 10.1. The standard InChI is InChI=1S/C10H21N3O2S/c1-11(2)16(14,15)13-7-5-12(6-8-13)9-10-3-4-10/h10H,3-9H2,1-2H3. The van der Waals surface area contributed by atoms with Gasteiger partial charge in [-0.25, -0.2) is 0 Å². The summed E-state index contributed by atoms with van der Waals surface area (Å²) in [7, 11) is -0.0178. The highest BCUT2D eigenvalue weighted by Crippen LogP contribution is 2.30. The van der Waals surface area contributed by atoms with Gasteiger partial charge in [0.25, 0.3) is 10.2 Å². The predicted octanol–water partition coefficient (Wildman–Crippen LogP) is -0.180. The third kappa shape index (κ3) is 2.74. The summed E-state index contributed by atoms with van der Waals surface area (Å²) in [6.45, 7) is 4.18. The molecule has 0 N–H and O–H groups in total. The van der Waals surface area contributed by atoms with E-state index in [1.165, 1.54) is 17.1 Å². The molecule has 94 valence electrons. The van der Waals surface area contributed by atoms with Crippen molar-refractivity contribution in [1.29, 1.82) is 0 Å². The van der Waals surface area contributed by atoms with Gasteiger partial charge in [0.05, 0.1) is 0 Å². The third-order valence-corrected chi connectivity index (χ3v) is 5.27. The van der Waals surface area contributed by atoms with Crippen LogP contribution in [0.3, 0.4) is 0 Å². The lowest BCUT2D eigenvalue weighted by molar-refractivity contribution is 0.178. The van der Waals surface area contributed by atoms with E-state index in [-0.39, 0.29) is 0 Å². The first-order chi connectivity index (χ1) is 7.50. The minimum atomic E-state index is -3.20. The first kappa shape index (κ1) is 12.3. The smallest absolute Gasteiger partial charge is 0.281 e. The molecule has 2 rings (SSSR count). The van der Waals surface area contributed by atoms with Crippen molar-refractivity contribution in [3.8, 4) is 0 Å². The van der Waals surface area contributed by atoms with Crippen LogP contribution >= 0.6 is 0 Å². The quantitative estimate of drug-likeness (QED) is 0.692. The second kappa shape index (κ2) is 4.60. The SMILES string of the molecule is CN(C)S(=O)(=O)N1CCN(CC2CC2)CC1. The molecule has 0 unspecified atom stereocenters. The van der Waals surface area contributed by atoms with E-state index in [9.17, 15) is 8.42 Å². The van der Waals surface area contributed by atoms with Crippen LogP contribution in [0.1, 0.15) is 12.8 Å². The second-order valence-electron chi connectivity index (χ2n) is 4.93. The maximum absolute atomic E-state index is 11.9. The van der Waals surface area contributed by atoms with Gasteiger partial charge in [0.1, 0.15) is 0 Å². The maximum Gasteiger partial charge on any atom is 0.281 e. The van der Waals surface area contributed by atoms with E-state index in [4.69, 9.17) is 0 Å². The zero-order valence-corrected chi connectivity index (χ0v) is 10.9. The molecule has 0 amide bonds. The summed E-state index contributed by atoms with van der Waals surface area (Å²) in [6, 6.07) is 0. The molecule has 2 aliphatic rings. The fourth-order valence-electron chi connectivity index (χ4n) is 2.04. The topological polar surface area (TPSA) is 43.9 Å². The molecule has 1 aliphatic carbocycles. The molecule has 1 saturated carbocycles. The molecule has 0 aromatic heterocycles. The van der Waals surface area contributed by atoms with Crippen molar-refractivity contribution < 1.29 is 8.42 Å². The van der Waals surface area contributed by atoms with Gasteiger partial charge in [-0.3, -0.25) is 0 Å². The molecule has 0 radical (unpaired) electrons. The molecular formula is C10H21N3O2S. The van der Waals surface area contributed by atoms with Gasteiger partial charge in [0.2, 0.25) is 0 Å². The lowest BCUT2D eigenvalue weighted by Crippen LogP contribution is -2.51. The second-order valence-corrected chi connectivity index (χ2v) is 7.08. The summed E-state index contributed by atoms with van der Waals surface area (Å²) >= 11 is 0. The summed E-state index contributed by atoms with van der Waals surface area (Å²) in [6.07, 6.45) is 2.71. The molecule has 5 nitrogen and oxygen atoms in total. The van der Waals surface area contributed by atoms with E-state index in [0.29, 0.717) is 13.1 Å². The van der Waals surface area contributed by atoms with Crippen molar-refractivity contribution in [2.45, 2.75) is 12.8 Å². The molecule has 0 aromatic rings. The van der Waals surface area contributed by atoms with Gasteiger partial charge >= 0.3 is 0 Å². The average molecular weight is 247 g/mol. The summed E-state index contributed by atoms with van der Waals surface area (Å²) in [5.41, 5.74) is 0. The van der Waals surface area contributed by atoms with Crippen molar-refractivity contribution >= 4 is 10.2 Å². The van der Waals surface area contributed by atoms with Crippen molar-refractivity contribution in [3.63, 3.8) is 0 Å². The summed E-state index contributed by atoms with van der Waals surface area (Å²) in [4.78, 5) is 2.39. The van der Waals surface area contributed by atoms with Crippen molar-refractivity contribution in [1.82, 2.24) is 13.5 Å². The molecule has 1 heterocycles. The van der Waals surface area contributed by atoms with Crippen LogP contribution in [-0.2, 0) is 10.2 Å². The summed E-state index contributed by atoms with van der Waals surface area (Å²) < 4.78 is 26.6. The van der Waals surface area contributed by atoms with Crippen molar-refractivity contribution in [2.75, 3.05) is 46.8 Å². The first-order valence-corrected chi connectivity index (χ1v) is 7.30. The first-order valence-electron chi connectivity index (χ1n) is 5.90. The van der Waals surface area contributed by atoms with Gasteiger partial charge in [-0.2, -0.15) is 17.0 Å². The highest BCUT2D eigenvalue weighted by atomic mass is 32.2. The normalized spacial score (nSPS) is 25.2. The van der Waals surface area contributed by atoms with Crippen LogP contribution < -0.4 is 0 Å². The van der Waals surface area contributed by atoms with Crippen LogP contribution in [0.25, 0.3) is 0 Å². The highest BCUT2D eigenvalue weighted by Gasteiger charge is 2.31. The molecule has 0 atom stereocenters. The highest BCUT2D eigenvalue weighted by molar-refractivity contribution is 7.86. The van der Waals surface area contributed by atoms with E-state index >= 15 is 0 Å². The molecular weight excluding hydrogens is 226 g/mol. The van der Waals surface area contributed by atoms with Gasteiger partial charge in [-0.05, 0) is 18.8 Å². The Morgan fingerprint density at radius 3 is 2.12 bits per heavy atom. The summed E-state index contributed by atoms with van der Waals surface area (Å²) in [5, 5.41) is 0. The maximum atomic E-state index is 11.9. The van der Waals surface area contributed by atoms with Crippen LogP contribution in [0, 0.1) is 5.92 Å². The van der Waals surface area contributed by atoms with Gasteiger partial charge in [0.15, 0.2) is 0 Å². The molecule has 16 heavy (non-hydrogen) atoms. The zero-order chi connectivity index (χ0) is 11.8. The van der Waals surface area contributed by atoms with Crippen LogP contribution in [-0.4, -0.2) is 68.7 Å². The molecule has 2 fully saturated rings. The fourth-order valence-corrected chi connectivity index (χ4v) is 3.13. The van der Waals surface area contributed by atoms with Gasteiger partial charge in [-0.15, -0.1) is 0 Å². The lowest BCUT2D eigenvalue weighted by atomic mass is 10.3. The fraction of sp³-hybridized carbons (Fsp3) is 1.00. The Morgan fingerprint density at radius 1 is 1.12 bits per heavy atom. The van der Waals surface area contributed by atoms with Crippen LogP contribution in [0.15, 0.2) is 0 Å². The van der Waals surface area contributed by atoms with E-state index in [2.05, 4.69) is 4.90 Å². The van der Waals surface area contributed by atoms with E-state index in [1.54, 1.807) is 18.4 Å². The van der Waals surface area contributed by atoms with Crippen molar-refractivity contribution in [2.24, 2.45) is 5.92 Å². The van der Waals surface area contributed by atoms with E-state index in [0.717, 1.165) is 25.6 Å². The van der Waals surface area contributed by atoms with E-state index < -0.39 is 10.2 Å². The van der Waals surface area contributed by atoms with Crippen LogP contribution in [0.2, 0.25) is 0 Å². The Labute approximate surface area is 98.2 Å². The number of hydrogen-bond donors (Lipinski definition) is 0. The van der Waals surface area contributed by atoms with Crippen LogP contribution in [0.5, 0.6) is 0 Å². The monoisotopic (exact) mass is 247 g/mol.